The first-order valence-corrected chi connectivity index (χ1v) is 7.08. The third kappa shape index (κ3) is 3.67. The second-order valence-electron chi connectivity index (χ2n) is 5.24. The van der Waals surface area contributed by atoms with Crippen molar-refractivity contribution in [2.24, 2.45) is 5.92 Å². The monoisotopic (exact) mass is 245 g/mol. The van der Waals surface area contributed by atoms with Crippen LogP contribution in [0.3, 0.4) is 0 Å². The lowest BCUT2D eigenvalue weighted by Crippen LogP contribution is -2.41. The van der Waals surface area contributed by atoms with Gasteiger partial charge in [-0.1, -0.05) is 43.7 Å². The molecule has 0 saturated carbocycles. The van der Waals surface area contributed by atoms with Gasteiger partial charge < -0.3 is 4.90 Å². The molecule has 0 amide bonds. The van der Waals surface area contributed by atoms with Crippen LogP contribution in [0.5, 0.6) is 0 Å². The van der Waals surface area contributed by atoms with E-state index in [1.807, 2.05) is 0 Å². The molecule has 2 rings (SSSR count). The van der Waals surface area contributed by atoms with Crippen LogP contribution in [0.4, 0.5) is 0 Å². The molecular formula is C16H23NO. The van der Waals surface area contributed by atoms with Gasteiger partial charge in [-0.25, -0.2) is 0 Å². The highest BCUT2D eigenvalue weighted by Gasteiger charge is 2.25. The standard InChI is InChI=1S/C16H23NO/c1-2-6-15-13-17(12-10-16(15)18)11-9-14-7-4-3-5-8-14/h3-5,7-8,15H,2,6,9-13H2,1H3/t15-/m1/s1. The lowest BCUT2D eigenvalue weighted by atomic mass is 9.92. The molecule has 0 spiro atoms. The number of carbonyl (C=O) groups excluding carboxylic acids is 1. The van der Waals surface area contributed by atoms with Crippen molar-refractivity contribution in [3.8, 4) is 0 Å². The highest BCUT2D eigenvalue weighted by Crippen LogP contribution is 2.18. The summed E-state index contributed by atoms with van der Waals surface area (Å²) in [6.45, 7) is 5.17. The van der Waals surface area contributed by atoms with Gasteiger partial charge in [-0.05, 0) is 18.4 Å². The molecule has 1 fully saturated rings. The maximum atomic E-state index is 11.8. The molecule has 1 atom stereocenters. The maximum absolute atomic E-state index is 11.8. The topological polar surface area (TPSA) is 20.3 Å². The van der Waals surface area contributed by atoms with Crippen LogP contribution in [0.1, 0.15) is 31.7 Å². The van der Waals surface area contributed by atoms with Gasteiger partial charge in [0.2, 0.25) is 0 Å². The Morgan fingerprint density at radius 2 is 2.06 bits per heavy atom. The van der Waals surface area contributed by atoms with Gasteiger partial charge in [0, 0.05) is 32.0 Å². The largest absolute Gasteiger partial charge is 0.302 e. The van der Waals surface area contributed by atoms with Gasteiger partial charge in [0.25, 0.3) is 0 Å². The van der Waals surface area contributed by atoms with E-state index >= 15 is 0 Å². The van der Waals surface area contributed by atoms with Crippen molar-refractivity contribution in [3.05, 3.63) is 35.9 Å². The van der Waals surface area contributed by atoms with Crippen molar-refractivity contribution in [2.45, 2.75) is 32.6 Å². The first-order valence-electron chi connectivity index (χ1n) is 7.08. The van der Waals surface area contributed by atoms with E-state index in [0.717, 1.165) is 45.3 Å². The quantitative estimate of drug-likeness (QED) is 0.795. The van der Waals surface area contributed by atoms with Crippen LogP contribution in [-0.4, -0.2) is 30.3 Å². The molecule has 2 heteroatoms. The number of rotatable bonds is 5. The fraction of sp³-hybridized carbons (Fsp3) is 0.562. The number of hydrogen-bond acceptors (Lipinski definition) is 2. The molecule has 0 aliphatic carbocycles. The van der Waals surface area contributed by atoms with Crippen molar-refractivity contribution in [2.75, 3.05) is 19.6 Å². The molecule has 98 valence electrons. The molecule has 1 saturated heterocycles. The molecule has 0 N–H and O–H groups in total. The van der Waals surface area contributed by atoms with Crippen LogP contribution >= 0.6 is 0 Å². The second kappa shape index (κ2) is 6.69. The van der Waals surface area contributed by atoms with Crippen LogP contribution in [0.2, 0.25) is 0 Å². The number of nitrogens with zero attached hydrogens (tertiary/aromatic N) is 1. The smallest absolute Gasteiger partial charge is 0.138 e. The van der Waals surface area contributed by atoms with Crippen molar-refractivity contribution in [3.63, 3.8) is 0 Å². The summed E-state index contributed by atoms with van der Waals surface area (Å²) >= 11 is 0. The maximum Gasteiger partial charge on any atom is 0.138 e. The Balaban J connectivity index is 1.81. The summed E-state index contributed by atoms with van der Waals surface area (Å²) < 4.78 is 0. The Kier molecular flexibility index (Phi) is 4.94. The third-order valence-corrected chi connectivity index (χ3v) is 3.81. The SMILES string of the molecule is CCC[C@@H]1CN(CCc2ccccc2)CCC1=O. The fourth-order valence-corrected chi connectivity index (χ4v) is 2.71. The van der Waals surface area contributed by atoms with Crippen LogP contribution in [-0.2, 0) is 11.2 Å². The summed E-state index contributed by atoms with van der Waals surface area (Å²) in [7, 11) is 0. The predicted molar refractivity (Wildman–Crippen MR) is 74.6 cm³/mol. The Hall–Kier alpha value is -1.15. The summed E-state index contributed by atoms with van der Waals surface area (Å²) in [4.78, 5) is 14.2. The average molecular weight is 245 g/mol. The molecule has 0 unspecified atom stereocenters. The number of benzene rings is 1. The summed E-state index contributed by atoms with van der Waals surface area (Å²) in [5.74, 6) is 0.771. The molecule has 1 aliphatic heterocycles. The van der Waals surface area contributed by atoms with E-state index in [9.17, 15) is 4.79 Å². The summed E-state index contributed by atoms with van der Waals surface area (Å²) in [6.07, 6.45) is 4.01. The zero-order chi connectivity index (χ0) is 12.8. The van der Waals surface area contributed by atoms with Crippen molar-refractivity contribution in [1.29, 1.82) is 0 Å². The van der Waals surface area contributed by atoms with Gasteiger partial charge in [0.15, 0.2) is 0 Å². The van der Waals surface area contributed by atoms with Gasteiger partial charge in [0.1, 0.15) is 5.78 Å². The van der Waals surface area contributed by atoms with E-state index in [1.54, 1.807) is 0 Å². The average Bonchev–Trinajstić information content (AvgIpc) is 2.41. The lowest BCUT2D eigenvalue weighted by Gasteiger charge is -2.31. The van der Waals surface area contributed by atoms with Crippen molar-refractivity contribution < 1.29 is 4.79 Å². The summed E-state index contributed by atoms with van der Waals surface area (Å²) in [5, 5.41) is 0. The summed E-state index contributed by atoms with van der Waals surface area (Å²) in [6, 6.07) is 10.6. The molecule has 2 nitrogen and oxygen atoms in total. The molecular weight excluding hydrogens is 222 g/mol. The summed E-state index contributed by atoms with van der Waals surface area (Å²) in [5.41, 5.74) is 1.39. The normalized spacial score (nSPS) is 21.2. The first-order chi connectivity index (χ1) is 8.79. The van der Waals surface area contributed by atoms with E-state index in [-0.39, 0.29) is 0 Å². The molecule has 0 radical (unpaired) electrons. The Labute approximate surface area is 110 Å². The molecule has 1 heterocycles. The second-order valence-corrected chi connectivity index (χ2v) is 5.24. The third-order valence-electron chi connectivity index (χ3n) is 3.81. The van der Waals surface area contributed by atoms with E-state index in [4.69, 9.17) is 0 Å². The predicted octanol–water partition coefficient (Wildman–Crippen LogP) is 2.92. The lowest BCUT2D eigenvalue weighted by molar-refractivity contribution is -0.126. The van der Waals surface area contributed by atoms with Crippen LogP contribution in [0, 0.1) is 5.92 Å². The van der Waals surface area contributed by atoms with E-state index in [2.05, 4.69) is 42.2 Å². The van der Waals surface area contributed by atoms with Crippen LogP contribution in [0.25, 0.3) is 0 Å². The minimum atomic E-state index is 0.291. The van der Waals surface area contributed by atoms with Gasteiger partial charge in [0.05, 0.1) is 0 Å². The van der Waals surface area contributed by atoms with Gasteiger partial charge in [-0.3, -0.25) is 4.79 Å². The number of piperidine rings is 1. The minimum absolute atomic E-state index is 0.291. The van der Waals surface area contributed by atoms with E-state index in [1.165, 1.54) is 5.56 Å². The van der Waals surface area contributed by atoms with Crippen molar-refractivity contribution in [1.82, 2.24) is 4.90 Å². The minimum Gasteiger partial charge on any atom is -0.302 e. The number of carbonyl (C=O) groups is 1. The van der Waals surface area contributed by atoms with E-state index < -0.39 is 0 Å². The number of hydrogen-bond donors (Lipinski definition) is 0. The van der Waals surface area contributed by atoms with Crippen molar-refractivity contribution >= 4 is 5.78 Å². The van der Waals surface area contributed by atoms with E-state index in [0.29, 0.717) is 11.7 Å². The molecule has 1 aliphatic rings. The fourth-order valence-electron chi connectivity index (χ4n) is 2.71. The highest BCUT2D eigenvalue weighted by atomic mass is 16.1. The molecule has 0 bridgehead atoms. The Morgan fingerprint density at radius 1 is 1.28 bits per heavy atom. The van der Waals surface area contributed by atoms with Crippen LogP contribution in [0.15, 0.2) is 30.3 Å². The number of Topliss-reactive ketones (excluding diaryl/α,β-unsaturated/α-hetero) is 1. The number of ketones is 1. The van der Waals surface area contributed by atoms with Crippen LogP contribution < -0.4 is 0 Å². The Bertz CT molecular complexity index is 374. The highest BCUT2D eigenvalue weighted by molar-refractivity contribution is 5.82. The van der Waals surface area contributed by atoms with Gasteiger partial charge in [-0.15, -0.1) is 0 Å². The van der Waals surface area contributed by atoms with Gasteiger partial charge >= 0.3 is 0 Å². The first kappa shape index (κ1) is 13.3. The molecule has 18 heavy (non-hydrogen) atoms. The molecule has 1 aromatic rings. The van der Waals surface area contributed by atoms with Gasteiger partial charge in [-0.2, -0.15) is 0 Å². The Morgan fingerprint density at radius 3 is 2.78 bits per heavy atom. The molecule has 0 aromatic heterocycles. The zero-order valence-corrected chi connectivity index (χ0v) is 11.3. The molecule has 1 aromatic carbocycles. The number of likely N-dealkylation sites (tertiary alicyclic amines) is 1. The zero-order valence-electron chi connectivity index (χ0n) is 11.3.